The fourth-order valence-electron chi connectivity index (χ4n) is 2.08. The molecule has 0 atom stereocenters. The van der Waals surface area contributed by atoms with Crippen molar-refractivity contribution in [1.82, 2.24) is 19.7 Å². The molecule has 0 spiro atoms. The first-order valence-corrected chi connectivity index (χ1v) is 9.38. The predicted molar refractivity (Wildman–Crippen MR) is 97.9 cm³/mol. The quantitative estimate of drug-likeness (QED) is 0.613. The van der Waals surface area contributed by atoms with Crippen molar-refractivity contribution in [2.45, 2.75) is 11.7 Å². The highest BCUT2D eigenvalue weighted by Gasteiger charge is 2.14. The Morgan fingerprint density at radius 3 is 2.79 bits per heavy atom. The molecule has 0 saturated heterocycles. The first kappa shape index (κ1) is 17.0. The van der Waals surface area contributed by atoms with Crippen molar-refractivity contribution in [3.05, 3.63) is 58.0 Å². The van der Waals surface area contributed by atoms with Crippen molar-refractivity contribution in [3.63, 3.8) is 0 Å². The lowest BCUT2D eigenvalue weighted by atomic mass is 10.3. The highest BCUT2D eigenvalue weighted by molar-refractivity contribution is 7.99. The number of hydrogen-bond acceptors (Lipinski definition) is 5. The summed E-state index contributed by atoms with van der Waals surface area (Å²) in [5.41, 5.74) is 0.971. The minimum absolute atomic E-state index is 0.0344. The summed E-state index contributed by atoms with van der Waals surface area (Å²) in [5, 5.41) is 8.74. The standard InChI is InChI=1S/C16H15ClN4OS2/c1-20(9-13-7-8-14(17)24-13)15(22)10-23-16-19-18-11-21(16)12-5-3-2-4-6-12/h2-8,11H,9-10H2,1H3. The van der Waals surface area contributed by atoms with Crippen LogP contribution in [-0.2, 0) is 11.3 Å². The predicted octanol–water partition coefficient (Wildman–Crippen LogP) is 3.73. The Bertz CT molecular complexity index is 818. The van der Waals surface area contributed by atoms with Crippen LogP contribution in [0.3, 0.4) is 0 Å². The van der Waals surface area contributed by atoms with Gasteiger partial charge in [0.1, 0.15) is 6.33 Å². The summed E-state index contributed by atoms with van der Waals surface area (Å²) in [7, 11) is 1.79. The first-order chi connectivity index (χ1) is 11.6. The maximum absolute atomic E-state index is 12.3. The molecular formula is C16H15ClN4OS2. The molecule has 0 unspecified atom stereocenters. The van der Waals surface area contributed by atoms with Gasteiger partial charge in [-0.2, -0.15) is 0 Å². The van der Waals surface area contributed by atoms with Crippen LogP contribution in [0.1, 0.15) is 4.88 Å². The van der Waals surface area contributed by atoms with E-state index in [0.717, 1.165) is 14.9 Å². The van der Waals surface area contributed by atoms with Crippen molar-refractivity contribution >= 4 is 40.6 Å². The molecule has 0 fully saturated rings. The largest absolute Gasteiger partial charge is 0.340 e. The molecule has 1 amide bonds. The fourth-order valence-corrected chi connectivity index (χ4v) is 4.09. The van der Waals surface area contributed by atoms with E-state index in [-0.39, 0.29) is 5.91 Å². The van der Waals surface area contributed by atoms with Gasteiger partial charge in [0.15, 0.2) is 5.16 Å². The zero-order valence-electron chi connectivity index (χ0n) is 12.9. The summed E-state index contributed by atoms with van der Waals surface area (Å²) < 4.78 is 2.60. The number of amides is 1. The molecule has 0 aliphatic carbocycles. The van der Waals surface area contributed by atoms with Gasteiger partial charge in [0.25, 0.3) is 0 Å². The molecule has 0 bridgehead atoms. The van der Waals surface area contributed by atoms with Crippen molar-refractivity contribution in [2.24, 2.45) is 0 Å². The van der Waals surface area contributed by atoms with Crippen LogP contribution >= 0.6 is 34.7 Å². The van der Waals surface area contributed by atoms with Gasteiger partial charge in [0.2, 0.25) is 5.91 Å². The van der Waals surface area contributed by atoms with Gasteiger partial charge in [0.05, 0.1) is 16.6 Å². The van der Waals surface area contributed by atoms with E-state index >= 15 is 0 Å². The third-order valence-corrected chi connectivity index (χ3v) is 5.47. The van der Waals surface area contributed by atoms with Crippen molar-refractivity contribution in [3.8, 4) is 5.69 Å². The van der Waals surface area contributed by atoms with Crippen LogP contribution < -0.4 is 0 Å². The van der Waals surface area contributed by atoms with E-state index in [1.807, 2.05) is 47.0 Å². The van der Waals surface area contributed by atoms with Crippen molar-refractivity contribution in [1.29, 1.82) is 0 Å². The topological polar surface area (TPSA) is 51.0 Å². The van der Waals surface area contributed by atoms with E-state index in [9.17, 15) is 4.79 Å². The average Bonchev–Trinajstić information content (AvgIpc) is 3.22. The molecule has 2 heterocycles. The number of thiophene rings is 1. The highest BCUT2D eigenvalue weighted by atomic mass is 35.5. The molecule has 24 heavy (non-hydrogen) atoms. The maximum atomic E-state index is 12.3. The smallest absolute Gasteiger partial charge is 0.233 e. The van der Waals surface area contributed by atoms with E-state index in [1.165, 1.54) is 23.1 Å². The van der Waals surface area contributed by atoms with Crippen LogP contribution in [0.4, 0.5) is 0 Å². The van der Waals surface area contributed by atoms with Crippen LogP contribution in [0.2, 0.25) is 4.34 Å². The monoisotopic (exact) mass is 378 g/mol. The second-order valence-electron chi connectivity index (χ2n) is 5.06. The molecule has 0 saturated carbocycles. The molecular weight excluding hydrogens is 364 g/mol. The number of carbonyl (C=O) groups is 1. The van der Waals surface area contributed by atoms with Crippen LogP contribution in [0.25, 0.3) is 5.69 Å². The summed E-state index contributed by atoms with van der Waals surface area (Å²) in [4.78, 5) is 15.1. The molecule has 1 aromatic carbocycles. The highest BCUT2D eigenvalue weighted by Crippen LogP contribution is 2.23. The second-order valence-corrected chi connectivity index (χ2v) is 7.81. The van der Waals surface area contributed by atoms with Gasteiger partial charge in [-0.3, -0.25) is 9.36 Å². The summed E-state index contributed by atoms with van der Waals surface area (Å²) in [6.45, 7) is 0.558. The van der Waals surface area contributed by atoms with Gasteiger partial charge in [-0.15, -0.1) is 21.5 Å². The van der Waals surface area contributed by atoms with Gasteiger partial charge in [-0.25, -0.2) is 0 Å². The third-order valence-electron chi connectivity index (χ3n) is 3.32. The normalized spacial score (nSPS) is 10.8. The minimum atomic E-state index is 0.0344. The lowest BCUT2D eigenvalue weighted by Crippen LogP contribution is -2.27. The number of carbonyl (C=O) groups excluding carboxylic acids is 1. The molecule has 0 N–H and O–H groups in total. The Morgan fingerprint density at radius 2 is 2.08 bits per heavy atom. The van der Waals surface area contributed by atoms with E-state index in [0.29, 0.717) is 17.5 Å². The van der Waals surface area contributed by atoms with E-state index < -0.39 is 0 Å². The SMILES string of the molecule is CN(Cc1ccc(Cl)s1)C(=O)CSc1nncn1-c1ccccc1. The van der Waals surface area contributed by atoms with Crippen molar-refractivity contribution < 1.29 is 4.79 Å². The Morgan fingerprint density at radius 1 is 1.29 bits per heavy atom. The lowest BCUT2D eigenvalue weighted by molar-refractivity contribution is -0.127. The molecule has 3 aromatic rings. The van der Waals surface area contributed by atoms with Crippen LogP contribution in [-0.4, -0.2) is 38.4 Å². The second kappa shape index (κ2) is 7.83. The van der Waals surface area contributed by atoms with Gasteiger partial charge < -0.3 is 4.90 Å². The summed E-state index contributed by atoms with van der Waals surface area (Å²) in [6, 6.07) is 13.6. The maximum Gasteiger partial charge on any atom is 0.233 e. The number of halogens is 1. The number of para-hydroxylation sites is 1. The molecule has 8 heteroatoms. The van der Waals surface area contributed by atoms with E-state index in [1.54, 1.807) is 18.3 Å². The summed E-state index contributed by atoms with van der Waals surface area (Å²) >= 11 is 8.78. The summed E-state index contributed by atoms with van der Waals surface area (Å²) in [6.07, 6.45) is 1.65. The molecule has 2 aromatic heterocycles. The number of rotatable bonds is 6. The van der Waals surface area contributed by atoms with Crippen LogP contribution in [0.15, 0.2) is 53.9 Å². The first-order valence-electron chi connectivity index (χ1n) is 7.20. The van der Waals surface area contributed by atoms with Crippen LogP contribution in [0.5, 0.6) is 0 Å². The molecule has 0 aliphatic rings. The van der Waals surface area contributed by atoms with Crippen molar-refractivity contribution in [2.75, 3.05) is 12.8 Å². The molecule has 5 nitrogen and oxygen atoms in total. The Hall–Kier alpha value is -1.83. The number of benzene rings is 1. The Kier molecular flexibility index (Phi) is 5.55. The number of aromatic nitrogens is 3. The zero-order valence-corrected chi connectivity index (χ0v) is 15.3. The minimum Gasteiger partial charge on any atom is -0.340 e. The summed E-state index contributed by atoms with van der Waals surface area (Å²) in [5.74, 6) is 0.341. The number of thioether (sulfide) groups is 1. The Balaban J connectivity index is 1.60. The Labute approximate surface area is 153 Å². The van der Waals surface area contributed by atoms with Gasteiger partial charge in [-0.05, 0) is 24.3 Å². The fraction of sp³-hybridized carbons (Fsp3) is 0.188. The zero-order chi connectivity index (χ0) is 16.9. The van der Waals surface area contributed by atoms with Crippen LogP contribution in [0, 0.1) is 0 Å². The molecule has 0 radical (unpaired) electrons. The van der Waals surface area contributed by atoms with Gasteiger partial charge in [0, 0.05) is 17.6 Å². The number of nitrogens with zero attached hydrogens (tertiary/aromatic N) is 4. The third kappa shape index (κ3) is 4.17. The molecule has 3 rings (SSSR count). The van der Waals surface area contributed by atoms with Gasteiger partial charge in [-0.1, -0.05) is 41.6 Å². The van der Waals surface area contributed by atoms with E-state index in [4.69, 9.17) is 11.6 Å². The molecule has 124 valence electrons. The average molecular weight is 379 g/mol. The number of hydrogen-bond donors (Lipinski definition) is 0. The molecule has 0 aliphatic heterocycles. The van der Waals surface area contributed by atoms with E-state index in [2.05, 4.69) is 10.2 Å². The lowest BCUT2D eigenvalue weighted by Gasteiger charge is -2.15. The van der Waals surface area contributed by atoms with Gasteiger partial charge >= 0.3 is 0 Å².